The minimum atomic E-state index is -3.98. The third-order valence-electron chi connectivity index (χ3n) is 10.4. The highest BCUT2D eigenvalue weighted by Gasteiger charge is 2.27. The molecule has 63 heavy (non-hydrogen) atoms. The van der Waals surface area contributed by atoms with Crippen LogP contribution in [0.1, 0.15) is 40.9 Å². The molecular weight excluding hydrogens is 836 g/mol. The molecule has 3 heterocycles. The number of benzene rings is 5. The van der Waals surface area contributed by atoms with Crippen molar-refractivity contribution in [1.82, 2.24) is 30.0 Å². The van der Waals surface area contributed by atoms with Gasteiger partial charge < -0.3 is 10.6 Å². The van der Waals surface area contributed by atoms with E-state index in [-0.39, 0.29) is 34.9 Å². The molecule has 8 rings (SSSR count). The van der Waals surface area contributed by atoms with Crippen LogP contribution in [0.2, 0.25) is 0 Å². The molecule has 0 fully saturated rings. The largest absolute Gasteiger partial charge is 0.350 e. The van der Waals surface area contributed by atoms with Crippen molar-refractivity contribution in [3.05, 3.63) is 204 Å². The fraction of sp³-hybridized carbons (Fsp3) is 0.125. The van der Waals surface area contributed by atoms with Crippen molar-refractivity contribution >= 4 is 42.6 Å². The van der Waals surface area contributed by atoms with Gasteiger partial charge in [-0.05, 0) is 83.3 Å². The van der Waals surface area contributed by atoms with Gasteiger partial charge in [0, 0.05) is 49.0 Å². The van der Waals surface area contributed by atoms with Crippen molar-refractivity contribution in [3.63, 3.8) is 0 Å². The van der Waals surface area contributed by atoms with E-state index in [0.717, 1.165) is 56.9 Å². The van der Waals surface area contributed by atoms with Crippen molar-refractivity contribution in [3.8, 4) is 11.1 Å². The molecule has 1 atom stereocenters. The van der Waals surface area contributed by atoms with E-state index < -0.39 is 25.9 Å². The quantitative estimate of drug-likeness (QED) is 0.0809. The topological polar surface area (TPSA) is 159 Å². The van der Waals surface area contributed by atoms with Crippen molar-refractivity contribution < 1.29 is 21.2 Å². The predicted octanol–water partition coefficient (Wildman–Crippen LogP) is 8.56. The van der Waals surface area contributed by atoms with Gasteiger partial charge in [-0.15, -0.1) is 0 Å². The zero-order valence-electron chi connectivity index (χ0n) is 34.1. The maximum Gasteiger partial charge on any atom is 0.264 e. The van der Waals surface area contributed by atoms with Gasteiger partial charge in [-0.2, -0.15) is 0 Å². The van der Waals surface area contributed by atoms with Crippen molar-refractivity contribution in [1.29, 1.82) is 0 Å². The van der Waals surface area contributed by atoms with Crippen LogP contribution < -0.4 is 19.7 Å². The van der Waals surface area contributed by atoms with Gasteiger partial charge in [0.1, 0.15) is 0 Å². The number of sulfonamides is 2. The lowest BCUT2D eigenvalue weighted by Crippen LogP contribution is -2.31. The van der Waals surface area contributed by atoms with Crippen LogP contribution in [0.4, 0.5) is 16.0 Å². The standard InChI is InChI=1S/C48H43FN8O4S2/c1-34(51-27-35-17-22-44(23-18-35)63(60,61)57(33-37-8-3-2-4-9-37)46-14-6-11-39-13-7-25-50-47(39)46)45-24-19-41(30-52-45)40-12-5-10-38(26-40)29-56-62(58,59)43-20-15-36(16-21-43)28-53-48-54-31-42(49)32-55-48/h2-26,30-32,34,51,56H,27-29,33H2,1H3,(H,53,54,55). The van der Waals surface area contributed by atoms with Crippen molar-refractivity contribution in [2.24, 2.45) is 0 Å². The van der Waals surface area contributed by atoms with Crippen molar-refractivity contribution in [2.45, 2.75) is 48.9 Å². The number of para-hydroxylation sites is 1. The van der Waals surface area contributed by atoms with Gasteiger partial charge in [-0.25, -0.2) is 35.9 Å². The minimum Gasteiger partial charge on any atom is -0.350 e. The Morgan fingerprint density at radius 2 is 1.29 bits per heavy atom. The van der Waals surface area contributed by atoms with Gasteiger partial charge >= 0.3 is 0 Å². The number of nitrogens with one attached hydrogen (secondary N) is 3. The highest BCUT2D eigenvalue weighted by atomic mass is 32.2. The van der Waals surface area contributed by atoms with Crippen LogP contribution in [-0.4, -0.2) is 36.8 Å². The molecule has 0 bridgehead atoms. The fourth-order valence-electron chi connectivity index (χ4n) is 6.95. The van der Waals surface area contributed by atoms with E-state index in [0.29, 0.717) is 24.3 Å². The monoisotopic (exact) mass is 878 g/mol. The molecule has 0 aliphatic carbocycles. The van der Waals surface area contributed by atoms with E-state index in [9.17, 15) is 21.2 Å². The lowest BCUT2D eigenvalue weighted by molar-refractivity contribution is 0.561. The number of hydrogen-bond acceptors (Lipinski definition) is 10. The Kier molecular flexibility index (Phi) is 12.9. The third kappa shape index (κ3) is 10.4. The molecule has 318 valence electrons. The summed E-state index contributed by atoms with van der Waals surface area (Å²) < 4.78 is 72.1. The van der Waals surface area contributed by atoms with Gasteiger partial charge in [-0.3, -0.25) is 14.3 Å². The molecule has 0 amide bonds. The molecule has 0 spiro atoms. The van der Waals surface area contributed by atoms with Crippen LogP contribution in [-0.2, 0) is 46.2 Å². The smallest absolute Gasteiger partial charge is 0.264 e. The summed E-state index contributed by atoms with van der Waals surface area (Å²) >= 11 is 0. The molecule has 3 aromatic heterocycles. The maximum absolute atomic E-state index is 14.3. The Morgan fingerprint density at radius 1 is 0.603 bits per heavy atom. The number of halogens is 1. The van der Waals surface area contributed by atoms with Crippen LogP contribution in [0.25, 0.3) is 22.0 Å². The SMILES string of the molecule is CC(NCc1ccc(S(=O)(=O)N(Cc2ccccc2)c2cccc3cccnc23)cc1)c1ccc(-c2cccc(CNS(=O)(=O)c3ccc(CNc4ncc(F)cn4)cc3)c2)cn1. The van der Waals surface area contributed by atoms with Crippen LogP contribution in [0.5, 0.6) is 0 Å². The summed E-state index contributed by atoms with van der Waals surface area (Å²) in [7, 11) is -7.77. The Hall–Kier alpha value is -6.91. The van der Waals surface area contributed by atoms with E-state index in [1.54, 1.807) is 42.7 Å². The first-order chi connectivity index (χ1) is 30.5. The lowest BCUT2D eigenvalue weighted by Gasteiger charge is -2.26. The number of hydrogen-bond donors (Lipinski definition) is 3. The Morgan fingerprint density at radius 3 is 2.02 bits per heavy atom. The van der Waals surface area contributed by atoms with Gasteiger partial charge in [0.05, 0.1) is 45.6 Å². The minimum absolute atomic E-state index is 0.0917. The zero-order chi connectivity index (χ0) is 43.8. The second-order valence-electron chi connectivity index (χ2n) is 14.8. The average molecular weight is 879 g/mol. The highest BCUT2D eigenvalue weighted by molar-refractivity contribution is 7.92. The van der Waals surface area contributed by atoms with Gasteiger partial charge in [0.2, 0.25) is 16.0 Å². The van der Waals surface area contributed by atoms with E-state index in [2.05, 4.69) is 30.3 Å². The molecule has 0 radical (unpaired) electrons. The lowest BCUT2D eigenvalue weighted by atomic mass is 10.0. The van der Waals surface area contributed by atoms with E-state index in [1.165, 1.54) is 16.4 Å². The van der Waals surface area contributed by atoms with Crippen LogP contribution in [0, 0.1) is 5.82 Å². The first-order valence-corrected chi connectivity index (χ1v) is 23.0. The fourth-order valence-corrected chi connectivity index (χ4v) is 9.42. The molecule has 0 aliphatic heterocycles. The Labute approximate surface area is 366 Å². The van der Waals surface area contributed by atoms with Gasteiger partial charge in [0.25, 0.3) is 10.0 Å². The Balaban J connectivity index is 0.868. The molecule has 8 aromatic rings. The average Bonchev–Trinajstić information content (AvgIpc) is 3.32. The second kappa shape index (κ2) is 19.0. The maximum atomic E-state index is 14.3. The van der Waals surface area contributed by atoms with E-state index in [4.69, 9.17) is 4.98 Å². The van der Waals surface area contributed by atoms with Crippen LogP contribution >= 0.6 is 0 Å². The zero-order valence-corrected chi connectivity index (χ0v) is 35.8. The van der Waals surface area contributed by atoms with Gasteiger partial charge in [0.15, 0.2) is 5.82 Å². The second-order valence-corrected chi connectivity index (χ2v) is 18.4. The number of anilines is 2. The molecule has 12 nitrogen and oxygen atoms in total. The van der Waals surface area contributed by atoms with E-state index >= 15 is 0 Å². The number of aromatic nitrogens is 4. The molecule has 15 heteroatoms. The normalized spacial score (nSPS) is 12.2. The first-order valence-electron chi connectivity index (χ1n) is 20.1. The summed E-state index contributed by atoms with van der Waals surface area (Å²) in [5.74, 6) is -0.266. The number of nitrogens with zero attached hydrogens (tertiary/aromatic N) is 5. The van der Waals surface area contributed by atoms with Crippen LogP contribution in [0.15, 0.2) is 180 Å². The third-order valence-corrected chi connectivity index (χ3v) is 13.6. The summed E-state index contributed by atoms with van der Waals surface area (Å²) in [6, 6.07) is 43.6. The summed E-state index contributed by atoms with van der Waals surface area (Å²) in [6.45, 7) is 3.08. The summed E-state index contributed by atoms with van der Waals surface area (Å²) in [5.41, 5.74) is 7.07. The number of pyridine rings is 2. The number of rotatable bonds is 17. The molecule has 1 unspecified atom stereocenters. The van der Waals surface area contributed by atoms with Crippen LogP contribution in [0.3, 0.4) is 0 Å². The molecular formula is C48H43FN8O4S2. The summed E-state index contributed by atoms with van der Waals surface area (Å²) in [6.07, 6.45) is 5.59. The molecule has 5 aromatic carbocycles. The molecule has 0 saturated heterocycles. The van der Waals surface area contributed by atoms with Crippen molar-refractivity contribution in [2.75, 3.05) is 9.62 Å². The molecule has 0 aliphatic rings. The number of fused-ring (bicyclic) bond motifs is 1. The molecule has 3 N–H and O–H groups in total. The summed E-state index contributed by atoms with van der Waals surface area (Å²) in [4.78, 5) is 17.3. The van der Waals surface area contributed by atoms with Gasteiger partial charge in [-0.1, -0.05) is 97.1 Å². The highest BCUT2D eigenvalue weighted by Crippen LogP contribution is 2.32. The first kappa shape index (κ1) is 42.8. The Bertz CT molecular complexity index is 3030. The summed E-state index contributed by atoms with van der Waals surface area (Å²) in [5, 5.41) is 7.31. The molecule has 0 saturated carbocycles. The predicted molar refractivity (Wildman–Crippen MR) is 243 cm³/mol. The van der Waals surface area contributed by atoms with E-state index in [1.807, 2.05) is 110 Å².